The van der Waals surface area contributed by atoms with Crippen molar-refractivity contribution in [1.82, 2.24) is 0 Å². The third kappa shape index (κ3) is 5.33. The van der Waals surface area contributed by atoms with Crippen LogP contribution < -0.4 is 0 Å². The first-order valence-corrected chi connectivity index (χ1v) is 4.72. The van der Waals surface area contributed by atoms with Gasteiger partial charge < -0.3 is 9.47 Å². The van der Waals surface area contributed by atoms with Gasteiger partial charge >= 0.3 is 11.9 Å². The van der Waals surface area contributed by atoms with Crippen LogP contribution in [0.3, 0.4) is 0 Å². The second kappa shape index (κ2) is 7.01. The quantitative estimate of drug-likeness (QED) is 0.238. The summed E-state index contributed by atoms with van der Waals surface area (Å²) in [6.07, 6.45) is 1.40. The Balaban J connectivity index is 4.45. The Morgan fingerprint density at radius 3 is 2.29 bits per heavy atom. The number of hydrogen-bond acceptors (Lipinski definition) is 5. The number of nitrogens with zero attached hydrogens (tertiary/aromatic N) is 1. The molecule has 0 aromatic carbocycles. The molecule has 5 nitrogen and oxygen atoms in total. The van der Waals surface area contributed by atoms with Gasteiger partial charge in [0.05, 0.1) is 0 Å². The maximum atomic E-state index is 11.4. The lowest BCUT2D eigenvalue weighted by molar-refractivity contribution is -0.178. The molecular formula is C12H13NO4. The summed E-state index contributed by atoms with van der Waals surface area (Å²) in [6.45, 7) is 9.56. The molecule has 0 aliphatic heterocycles. The van der Waals surface area contributed by atoms with Crippen LogP contribution in [0.15, 0.2) is 36.5 Å². The molecule has 0 saturated carbocycles. The Morgan fingerprint density at radius 1 is 1.35 bits per heavy atom. The second-order valence-electron chi connectivity index (χ2n) is 3.09. The van der Waals surface area contributed by atoms with Gasteiger partial charge in [-0.2, -0.15) is 5.26 Å². The Morgan fingerprint density at radius 2 is 1.88 bits per heavy atom. The number of rotatable bonds is 5. The van der Waals surface area contributed by atoms with E-state index >= 15 is 0 Å². The van der Waals surface area contributed by atoms with Crippen LogP contribution in [-0.4, -0.2) is 18.2 Å². The summed E-state index contributed by atoms with van der Waals surface area (Å²) in [6, 6.07) is 1.64. The highest BCUT2D eigenvalue weighted by atomic mass is 16.7. The van der Waals surface area contributed by atoms with E-state index < -0.39 is 18.2 Å². The van der Waals surface area contributed by atoms with E-state index in [9.17, 15) is 9.59 Å². The molecule has 17 heavy (non-hydrogen) atoms. The highest BCUT2D eigenvalue weighted by molar-refractivity contribution is 5.93. The van der Waals surface area contributed by atoms with Crippen molar-refractivity contribution in [3.05, 3.63) is 36.5 Å². The maximum absolute atomic E-state index is 11.4. The highest BCUT2D eigenvalue weighted by Gasteiger charge is 2.17. The van der Waals surface area contributed by atoms with Gasteiger partial charge in [-0.1, -0.05) is 19.2 Å². The first-order valence-electron chi connectivity index (χ1n) is 4.72. The third-order valence-corrected chi connectivity index (χ3v) is 1.52. The smallest absolute Gasteiger partial charge is 0.351 e. The Hall–Kier alpha value is -2.35. The second-order valence-corrected chi connectivity index (χ2v) is 3.09. The number of nitriles is 1. The molecule has 0 heterocycles. The molecule has 0 fully saturated rings. The first-order chi connectivity index (χ1) is 7.92. The van der Waals surface area contributed by atoms with Crippen molar-refractivity contribution in [2.75, 3.05) is 0 Å². The first kappa shape index (κ1) is 14.6. The summed E-state index contributed by atoms with van der Waals surface area (Å²) in [4.78, 5) is 22.4. The molecule has 0 rings (SSSR count). The third-order valence-electron chi connectivity index (χ3n) is 1.52. The lowest BCUT2D eigenvalue weighted by atomic mass is 10.3. The Kier molecular flexibility index (Phi) is 6.04. The van der Waals surface area contributed by atoms with E-state index in [1.807, 2.05) is 0 Å². The van der Waals surface area contributed by atoms with Gasteiger partial charge in [0.2, 0.25) is 6.29 Å². The minimum atomic E-state index is -1.09. The minimum absolute atomic E-state index is 0.190. The van der Waals surface area contributed by atoms with E-state index in [2.05, 4.69) is 13.2 Å². The van der Waals surface area contributed by atoms with Gasteiger partial charge in [-0.3, -0.25) is 0 Å². The van der Waals surface area contributed by atoms with Gasteiger partial charge in [0.15, 0.2) is 0 Å². The topological polar surface area (TPSA) is 76.4 Å². The molecule has 0 aromatic rings. The summed E-state index contributed by atoms with van der Waals surface area (Å²) < 4.78 is 9.43. The molecule has 0 aromatic heterocycles. The van der Waals surface area contributed by atoms with Gasteiger partial charge in [0.1, 0.15) is 11.6 Å². The molecule has 0 N–H and O–H groups in total. The highest BCUT2D eigenvalue weighted by Crippen LogP contribution is 2.04. The van der Waals surface area contributed by atoms with Gasteiger partial charge in [-0.15, -0.1) is 0 Å². The van der Waals surface area contributed by atoms with Gasteiger partial charge in [-0.25, -0.2) is 9.59 Å². The molecule has 1 atom stereocenters. The average Bonchev–Trinajstić information content (AvgIpc) is 2.24. The van der Waals surface area contributed by atoms with Crippen LogP contribution in [0, 0.1) is 11.3 Å². The summed E-state index contributed by atoms with van der Waals surface area (Å²) in [5, 5.41) is 8.62. The molecule has 0 aliphatic carbocycles. The fourth-order valence-electron chi connectivity index (χ4n) is 0.758. The van der Waals surface area contributed by atoms with Crippen molar-refractivity contribution in [2.24, 2.45) is 0 Å². The monoisotopic (exact) mass is 235 g/mol. The summed E-state index contributed by atoms with van der Waals surface area (Å²) in [7, 11) is 0. The van der Waals surface area contributed by atoms with E-state index in [4.69, 9.17) is 14.7 Å². The molecule has 0 amide bonds. The largest absolute Gasteiger partial charge is 0.422 e. The zero-order chi connectivity index (χ0) is 13.4. The van der Waals surface area contributed by atoms with Crippen LogP contribution >= 0.6 is 0 Å². The van der Waals surface area contributed by atoms with Crippen molar-refractivity contribution in [3.63, 3.8) is 0 Å². The van der Waals surface area contributed by atoms with E-state index in [-0.39, 0.29) is 11.1 Å². The summed E-state index contributed by atoms with van der Waals surface area (Å²) in [5.74, 6) is -1.55. The zero-order valence-corrected chi connectivity index (χ0v) is 9.73. The number of esters is 2. The van der Waals surface area contributed by atoms with Crippen molar-refractivity contribution < 1.29 is 19.1 Å². The number of hydrogen-bond donors (Lipinski definition) is 0. The fraction of sp³-hybridized carbons (Fsp3) is 0.250. The average molecular weight is 235 g/mol. The minimum Gasteiger partial charge on any atom is -0.422 e. The predicted octanol–water partition coefficient (Wildman–Crippen LogP) is 1.63. The van der Waals surface area contributed by atoms with E-state index in [1.165, 1.54) is 26.0 Å². The molecule has 0 radical (unpaired) electrons. The van der Waals surface area contributed by atoms with Crippen molar-refractivity contribution in [2.45, 2.75) is 20.1 Å². The van der Waals surface area contributed by atoms with E-state index in [0.717, 1.165) is 0 Å². The van der Waals surface area contributed by atoms with E-state index in [1.54, 1.807) is 6.07 Å². The number of carbonyl (C=O) groups is 2. The Bertz CT molecular complexity index is 415. The molecule has 0 saturated heterocycles. The van der Waals surface area contributed by atoms with Gasteiger partial charge in [0, 0.05) is 12.5 Å². The van der Waals surface area contributed by atoms with Crippen LogP contribution in [0.5, 0.6) is 0 Å². The van der Waals surface area contributed by atoms with Gasteiger partial charge in [-0.05, 0) is 13.0 Å². The normalized spacial score (nSPS) is 11.9. The molecule has 90 valence electrons. The zero-order valence-electron chi connectivity index (χ0n) is 9.73. The van der Waals surface area contributed by atoms with Crippen LogP contribution in [0.4, 0.5) is 0 Å². The van der Waals surface area contributed by atoms with Crippen LogP contribution in [0.2, 0.25) is 0 Å². The number of ether oxygens (including phenoxy) is 2. The van der Waals surface area contributed by atoms with Gasteiger partial charge in [0.25, 0.3) is 0 Å². The SMILES string of the molecule is C=C/C=C(\C#N)C(=O)OC(C)OC(=O)C(=C)C. The standard InChI is InChI=1S/C12H13NO4/c1-5-6-10(7-13)12(15)17-9(4)16-11(14)8(2)3/h5-6,9H,1-2H2,3-4H3/b10-6+. The van der Waals surface area contributed by atoms with Crippen molar-refractivity contribution in [1.29, 1.82) is 5.26 Å². The maximum Gasteiger partial charge on any atom is 0.351 e. The Labute approximate surface area is 99.6 Å². The van der Waals surface area contributed by atoms with Crippen LogP contribution in [-0.2, 0) is 19.1 Å². The van der Waals surface area contributed by atoms with Crippen LogP contribution in [0.25, 0.3) is 0 Å². The number of allylic oxidation sites excluding steroid dienone is 2. The molecule has 0 spiro atoms. The molecule has 0 bridgehead atoms. The predicted molar refractivity (Wildman–Crippen MR) is 60.4 cm³/mol. The van der Waals surface area contributed by atoms with Crippen LogP contribution in [0.1, 0.15) is 13.8 Å². The fourth-order valence-corrected chi connectivity index (χ4v) is 0.758. The lowest BCUT2D eigenvalue weighted by Gasteiger charge is -2.13. The molecule has 5 heteroatoms. The molecule has 1 unspecified atom stereocenters. The molecule has 0 aliphatic rings. The van der Waals surface area contributed by atoms with Crippen molar-refractivity contribution >= 4 is 11.9 Å². The number of carbonyl (C=O) groups excluding carboxylic acids is 2. The van der Waals surface area contributed by atoms with E-state index in [0.29, 0.717) is 0 Å². The van der Waals surface area contributed by atoms with Crippen molar-refractivity contribution in [3.8, 4) is 6.07 Å². The summed E-state index contributed by atoms with van der Waals surface area (Å²) >= 11 is 0. The lowest BCUT2D eigenvalue weighted by Crippen LogP contribution is -2.22. The molecular weight excluding hydrogens is 222 g/mol. The summed E-state index contributed by atoms with van der Waals surface area (Å²) in [5.41, 5.74) is -0.0340.